The summed E-state index contributed by atoms with van der Waals surface area (Å²) >= 11 is 3.40. The lowest BCUT2D eigenvalue weighted by Gasteiger charge is -2.36. The van der Waals surface area contributed by atoms with E-state index in [-0.39, 0.29) is 24.9 Å². The first-order valence-corrected chi connectivity index (χ1v) is 7.88. The number of morpholine rings is 1. The molecule has 1 N–H and O–H groups in total. The molecule has 2 heterocycles. The Morgan fingerprint density at radius 2 is 2.18 bits per heavy atom. The number of carbonyl (C=O) groups is 2. The number of carbonyl (C=O) groups excluding carboxylic acids is 1. The van der Waals surface area contributed by atoms with Gasteiger partial charge in [0, 0.05) is 16.6 Å². The van der Waals surface area contributed by atoms with E-state index in [1.807, 2.05) is 18.2 Å². The first-order valence-electron chi connectivity index (χ1n) is 7.08. The highest BCUT2D eigenvalue weighted by molar-refractivity contribution is 9.10. The second kappa shape index (κ2) is 6.26. The molecule has 2 atom stereocenters. The van der Waals surface area contributed by atoms with Crippen LogP contribution in [-0.2, 0) is 14.3 Å². The van der Waals surface area contributed by atoms with Crippen molar-refractivity contribution in [2.24, 2.45) is 0 Å². The van der Waals surface area contributed by atoms with Gasteiger partial charge >= 0.3 is 5.97 Å². The smallest absolute Gasteiger partial charge is 0.305 e. The maximum absolute atomic E-state index is 12.8. The van der Waals surface area contributed by atoms with Crippen molar-refractivity contribution in [2.75, 3.05) is 26.4 Å². The number of carboxylic acids is 1. The Morgan fingerprint density at radius 3 is 2.95 bits per heavy atom. The van der Waals surface area contributed by atoms with Gasteiger partial charge in [0.05, 0.1) is 25.7 Å². The Morgan fingerprint density at radius 1 is 1.36 bits per heavy atom. The molecule has 118 valence electrons. The average molecular weight is 370 g/mol. The molecular formula is C15H16BrNO5. The van der Waals surface area contributed by atoms with Crippen LogP contribution in [0.1, 0.15) is 17.9 Å². The van der Waals surface area contributed by atoms with Gasteiger partial charge in [0.15, 0.2) is 0 Å². The first-order chi connectivity index (χ1) is 10.6. The van der Waals surface area contributed by atoms with Crippen LogP contribution in [-0.4, -0.2) is 54.3 Å². The molecule has 0 saturated carbocycles. The van der Waals surface area contributed by atoms with Gasteiger partial charge < -0.3 is 19.5 Å². The first kappa shape index (κ1) is 15.3. The van der Waals surface area contributed by atoms with Crippen molar-refractivity contribution < 1.29 is 24.2 Å². The summed E-state index contributed by atoms with van der Waals surface area (Å²) in [5, 5.41) is 9.00. The lowest BCUT2D eigenvalue weighted by Crippen LogP contribution is -2.51. The molecule has 0 radical (unpaired) electrons. The topological polar surface area (TPSA) is 76.1 Å². The highest BCUT2D eigenvalue weighted by atomic mass is 79.9. The fourth-order valence-corrected chi connectivity index (χ4v) is 3.28. The number of aliphatic carboxylic acids is 1. The Kier molecular flexibility index (Phi) is 4.35. The van der Waals surface area contributed by atoms with Gasteiger partial charge in [0.1, 0.15) is 18.3 Å². The van der Waals surface area contributed by atoms with E-state index >= 15 is 0 Å². The number of fused-ring (bicyclic) bond motifs is 1. The molecule has 0 aliphatic carbocycles. The predicted molar refractivity (Wildman–Crippen MR) is 81.0 cm³/mol. The lowest BCUT2D eigenvalue weighted by atomic mass is 9.98. The van der Waals surface area contributed by atoms with Gasteiger partial charge in [-0.25, -0.2) is 0 Å². The molecule has 1 aromatic carbocycles. The number of halogens is 1. The van der Waals surface area contributed by atoms with Crippen molar-refractivity contribution >= 4 is 27.8 Å². The average Bonchev–Trinajstić information content (AvgIpc) is 2.89. The molecule has 22 heavy (non-hydrogen) atoms. The van der Waals surface area contributed by atoms with E-state index in [0.29, 0.717) is 25.5 Å². The molecule has 0 spiro atoms. The summed E-state index contributed by atoms with van der Waals surface area (Å²) in [5.41, 5.74) is 0.847. The number of nitrogens with zero attached hydrogens (tertiary/aromatic N) is 1. The lowest BCUT2D eigenvalue weighted by molar-refractivity contribution is -0.147. The van der Waals surface area contributed by atoms with Crippen LogP contribution >= 0.6 is 15.9 Å². The summed E-state index contributed by atoms with van der Waals surface area (Å²) in [5.74, 6) is -0.697. The second-order valence-electron chi connectivity index (χ2n) is 5.40. The second-order valence-corrected chi connectivity index (χ2v) is 6.32. The van der Waals surface area contributed by atoms with E-state index in [2.05, 4.69) is 15.9 Å². The van der Waals surface area contributed by atoms with Gasteiger partial charge in [0.2, 0.25) is 5.91 Å². The number of benzene rings is 1. The number of hydrogen-bond acceptors (Lipinski definition) is 4. The summed E-state index contributed by atoms with van der Waals surface area (Å²) in [4.78, 5) is 25.5. The van der Waals surface area contributed by atoms with Gasteiger partial charge in [-0.3, -0.25) is 9.59 Å². The fourth-order valence-electron chi connectivity index (χ4n) is 2.91. The number of ether oxygens (including phenoxy) is 2. The fraction of sp³-hybridized carbons (Fsp3) is 0.467. The number of amides is 1. The van der Waals surface area contributed by atoms with Crippen LogP contribution in [0.4, 0.5) is 0 Å². The Balaban J connectivity index is 1.82. The summed E-state index contributed by atoms with van der Waals surface area (Å²) in [6, 6.07) is 5.17. The van der Waals surface area contributed by atoms with Crippen molar-refractivity contribution in [3.63, 3.8) is 0 Å². The molecular weight excluding hydrogens is 354 g/mol. The maximum Gasteiger partial charge on any atom is 0.305 e. The van der Waals surface area contributed by atoms with Crippen LogP contribution in [0, 0.1) is 0 Å². The van der Waals surface area contributed by atoms with Gasteiger partial charge in [-0.2, -0.15) is 0 Å². The minimum absolute atomic E-state index is 0.0913. The van der Waals surface area contributed by atoms with Crippen molar-refractivity contribution in [3.8, 4) is 5.75 Å². The van der Waals surface area contributed by atoms with E-state index in [4.69, 9.17) is 14.6 Å². The maximum atomic E-state index is 12.8. The largest absolute Gasteiger partial charge is 0.492 e. The van der Waals surface area contributed by atoms with E-state index in [1.54, 1.807) is 4.90 Å². The van der Waals surface area contributed by atoms with Gasteiger partial charge in [-0.1, -0.05) is 15.9 Å². The van der Waals surface area contributed by atoms with Crippen LogP contribution in [0.5, 0.6) is 5.75 Å². The Labute approximate surface area is 136 Å². The number of rotatable bonds is 3. The third-order valence-corrected chi connectivity index (χ3v) is 4.46. The van der Waals surface area contributed by atoms with E-state index in [0.717, 1.165) is 10.0 Å². The molecule has 1 amide bonds. The molecule has 7 heteroatoms. The molecule has 1 fully saturated rings. The number of hydrogen-bond donors (Lipinski definition) is 1. The molecule has 2 unspecified atom stereocenters. The third kappa shape index (κ3) is 2.96. The molecule has 0 aromatic heterocycles. The quantitative estimate of drug-likeness (QED) is 0.875. The summed E-state index contributed by atoms with van der Waals surface area (Å²) in [6.45, 7) is 1.40. The molecule has 6 nitrogen and oxygen atoms in total. The zero-order valence-corrected chi connectivity index (χ0v) is 13.4. The number of carboxylic acid groups (broad SMARTS) is 1. The van der Waals surface area contributed by atoms with E-state index in [9.17, 15) is 9.59 Å². The zero-order chi connectivity index (χ0) is 15.7. The molecule has 3 rings (SSSR count). The normalized spacial score (nSPS) is 23.8. The minimum atomic E-state index is -0.931. The van der Waals surface area contributed by atoms with Gasteiger partial charge in [-0.15, -0.1) is 0 Å². The zero-order valence-electron chi connectivity index (χ0n) is 11.8. The molecule has 1 aromatic rings. The highest BCUT2D eigenvalue weighted by Gasteiger charge is 2.38. The van der Waals surface area contributed by atoms with Crippen LogP contribution in [0.15, 0.2) is 22.7 Å². The van der Waals surface area contributed by atoms with Gasteiger partial charge in [0.25, 0.3) is 0 Å². The summed E-state index contributed by atoms with van der Waals surface area (Å²) in [7, 11) is 0. The Hall–Kier alpha value is -1.60. The van der Waals surface area contributed by atoms with Gasteiger partial charge in [-0.05, 0) is 18.2 Å². The van der Waals surface area contributed by atoms with Crippen molar-refractivity contribution in [3.05, 3.63) is 28.2 Å². The van der Waals surface area contributed by atoms with Crippen LogP contribution in [0.2, 0.25) is 0 Å². The minimum Gasteiger partial charge on any atom is -0.492 e. The standard InChI is InChI=1S/C15H16BrNO5/c16-9-1-2-13-11(5-9)12(8-22-13)15(20)17-3-4-21-7-10(17)6-14(18)19/h1-2,5,10,12H,3-4,6-8H2,(H,18,19). The molecule has 0 bridgehead atoms. The van der Waals surface area contributed by atoms with Crippen LogP contribution < -0.4 is 4.74 Å². The monoisotopic (exact) mass is 369 g/mol. The van der Waals surface area contributed by atoms with Crippen LogP contribution in [0.25, 0.3) is 0 Å². The molecule has 2 aliphatic heterocycles. The highest BCUT2D eigenvalue weighted by Crippen LogP contribution is 2.37. The summed E-state index contributed by atoms with van der Waals surface area (Å²) < 4.78 is 11.8. The van der Waals surface area contributed by atoms with Crippen molar-refractivity contribution in [1.29, 1.82) is 0 Å². The van der Waals surface area contributed by atoms with E-state index in [1.165, 1.54) is 0 Å². The van der Waals surface area contributed by atoms with E-state index < -0.39 is 12.0 Å². The van der Waals surface area contributed by atoms with Crippen molar-refractivity contribution in [2.45, 2.75) is 18.4 Å². The van der Waals surface area contributed by atoms with Crippen molar-refractivity contribution in [1.82, 2.24) is 4.90 Å². The SMILES string of the molecule is O=C(O)CC1COCCN1C(=O)C1COc2ccc(Br)cc21. The van der Waals surface area contributed by atoms with Crippen LogP contribution in [0.3, 0.4) is 0 Å². The summed E-state index contributed by atoms with van der Waals surface area (Å²) in [6.07, 6.45) is -0.106. The molecule has 2 aliphatic rings. The third-order valence-electron chi connectivity index (χ3n) is 3.97. The Bertz CT molecular complexity index is 606. The predicted octanol–water partition coefficient (Wildman–Crippen LogP) is 1.63. The molecule has 1 saturated heterocycles.